The number of amides is 1. The molecule has 6 nitrogen and oxygen atoms in total. The molecule has 0 aliphatic carbocycles. The Morgan fingerprint density at radius 2 is 1.71 bits per heavy atom. The summed E-state index contributed by atoms with van der Waals surface area (Å²) in [4.78, 5) is 12.6. The van der Waals surface area contributed by atoms with Gasteiger partial charge in [0.25, 0.3) is 15.9 Å². The molecule has 0 bridgehead atoms. The van der Waals surface area contributed by atoms with Crippen molar-refractivity contribution < 1.29 is 13.2 Å². The van der Waals surface area contributed by atoms with Gasteiger partial charge in [-0.1, -0.05) is 57.9 Å². The van der Waals surface area contributed by atoms with Gasteiger partial charge in [0.05, 0.1) is 16.3 Å². The van der Waals surface area contributed by atoms with Crippen molar-refractivity contribution in [3.8, 4) is 0 Å². The Hall–Kier alpha value is -2.68. The molecule has 0 spiro atoms. The number of halogens is 2. The van der Waals surface area contributed by atoms with E-state index in [1.807, 2.05) is 24.3 Å². The summed E-state index contributed by atoms with van der Waals surface area (Å²) in [6.45, 7) is 1.31. The van der Waals surface area contributed by atoms with Crippen LogP contribution in [-0.2, 0) is 14.8 Å². The monoisotopic (exact) mass is 519 g/mol. The van der Waals surface area contributed by atoms with Gasteiger partial charge in [0.15, 0.2) is 0 Å². The maximum atomic E-state index is 13.2. The fourth-order valence-corrected chi connectivity index (χ4v) is 4.68. The molecule has 0 aromatic heterocycles. The van der Waals surface area contributed by atoms with E-state index < -0.39 is 22.5 Å². The summed E-state index contributed by atoms with van der Waals surface area (Å²) < 4.78 is 28.4. The van der Waals surface area contributed by atoms with Crippen LogP contribution in [0, 0.1) is 0 Å². The number of carbonyl (C=O) groups is 1. The molecule has 9 heteroatoms. The molecule has 0 aliphatic rings. The van der Waals surface area contributed by atoms with E-state index in [9.17, 15) is 13.2 Å². The third-order valence-electron chi connectivity index (χ3n) is 4.32. The van der Waals surface area contributed by atoms with Crippen molar-refractivity contribution in [2.75, 3.05) is 10.8 Å². The average Bonchev–Trinajstić information content (AvgIpc) is 2.76. The molecule has 3 rings (SSSR count). The summed E-state index contributed by atoms with van der Waals surface area (Å²) in [7, 11) is -4.00. The number of carbonyl (C=O) groups excluding carboxylic acids is 1. The second-order valence-corrected chi connectivity index (χ2v) is 9.76. The summed E-state index contributed by atoms with van der Waals surface area (Å²) in [5.74, 6) is -0.573. The highest BCUT2D eigenvalue weighted by atomic mass is 79.9. The van der Waals surface area contributed by atoms with Crippen molar-refractivity contribution >= 4 is 54.9 Å². The molecule has 0 aliphatic heterocycles. The van der Waals surface area contributed by atoms with E-state index in [0.29, 0.717) is 16.4 Å². The highest BCUT2D eigenvalue weighted by molar-refractivity contribution is 9.10. The normalized spacial score (nSPS) is 11.8. The van der Waals surface area contributed by atoms with Gasteiger partial charge in [-0.3, -0.25) is 9.10 Å². The molecule has 0 saturated carbocycles. The third-order valence-corrected chi connectivity index (χ3v) is 6.86. The van der Waals surface area contributed by atoms with Gasteiger partial charge in [0, 0.05) is 9.50 Å². The van der Waals surface area contributed by atoms with Gasteiger partial charge in [-0.25, -0.2) is 13.8 Å². The second-order valence-electron chi connectivity index (χ2n) is 6.54. The van der Waals surface area contributed by atoms with E-state index in [1.54, 1.807) is 37.3 Å². The minimum atomic E-state index is -4.00. The number of anilines is 1. The van der Waals surface area contributed by atoms with E-state index in [-0.39, 0.29) is 4.90 Å². The van der Waals surface area contributed by atoms with Crippen molar-refractivity contribution in [1.82, 2.24) is 5.43 Å². The van der Waals surface area contributed by atoms with Crippen LogP contribution in [0.1, 0.15) is 12.5 Å². The fraction of sp³-hybridized carbons (Fsp3) is 0.0909. The number of hydrogen-bond donors (Lipinski definition) is 1. The molecule has 0 heterocycles. The Morgan fingerprint density at radius 3 is 2.35 bits per heavy atom. The Bertz CT molecular complexity index is 1200. The molecule has 3 aromatic carbocycles. The van der Waals surface area contributed by atoms with Crippen LogP contribution in [-0.4, -0.2) is 26.6 Å². The first-order valence-corrected chi connectivity index (χ1v) is 11.8. The zero-order chi connectivity index (χ0) is 22.4. The standard InChI is InChI=1S/C22H19BrClN3O3S/c1-16(17-6-5-7-18(23)14-17)25-26-22(28)15-27(20-8-3-2-4-9-20)31(29,30)21-12-10-19(24)11-13-21/h2-14H,15H2,1H3,(H,26,28)/b25-16-. The Labute approximate surface area is 194 Å². The van der Waals surface area contributed by atoms with E-state index in [0.717, 1.165) is 14.3 Å². The fourth-order valence-electron chi connectivity index (χ4n) is 2.73. The third kappa shape index (κ3) is 5.94. The van der Waals surface area contributed by atoms with Crippen molar-refractivity contribution in [2.24, 2.45) is 5.10 Å². The second kappa shape index (κ2) is 10.1. The summed E-state index contributed by atoms with van der Waals surface area (Å²) in [5, 5.41) is 4.52. The summed E-state index contributed by atoms with van der Waals surface area (Å²) in [5.41, 5.74) is 4.21. The van der Waals surface area contributed by atoms with Crippen LogP contribution in [0.4, 0.5) is 5.69 Å². The Balaban J connectivity index is 1.85. The maximum Gasteiger partial charge on any atom is 0.264 e. The number of hydrazone groups is 1. The van der Waals surface area contributed by atoms with Crippen LogP contribution in [0.15, 0.2) is 93.3 Å². The van der Waals surface area contributed by atoms with Crippen LogP contribution in [0.5, 0.6) is 0 Å². The molecule has 160 valence electrons. The Kier molecular flexibility index (Phi) is 7.48. The molecule has 31 heavy (non-hydrogen) atoms. The van der Waals surface area contributed by atoms with Crippen molar-refractivity contribution in [1.29, 1.82) is 0 Å². The van der Waals surface area contributed by atoms with E-state index in [2.05, 4.69) is 26.5 Å². The van der Waals surface area contributed by atoms with E-state index >= 15 is 0 Å². The number of sulfonamides is 1. The number of rotatable bonds is 7. The lowest BCUT2D eigenvalue weighted by molar-refractivity contribution is -0.119. The first-order valence-electron chi connectivity index (χ1n) is 9.20. The maximum absolute atomic E-state index is 13.2. The van der Waals surface area contributed by atoms with Crippen LogP contribution < -0.4 is 9.73 Å². The lowest BCUT2D eigenvalue weighted by atomic mass is 10.1. The topological polar surface area (TPSA) is 78.8 Å². The lowest BCUT2D eigenvalue weighted by Crippen LogP contribution is -2.39. The highest BCUT2D eigenvalue weighted by Crippen LogP contribution is 2.24. The predicted molar refractivity (Wildman–Crippen MR) is 127 cm³/mol. The molecule has 1 N–H and O–H groups in total. The lowest BCUT2D eigenvalue weighted by Gasteiger charge is -2.23. The molecule has 0 unspecified atom stereocenters. The van der Waals surface area contributed by atoms with Gasteiger partial charge < -0.3 is 0 Å². The smallest absolute Gasteiger partial charge is 0.264 e. The SMILES string of the molecule is C/C(=N/NC(=O)CN(c1ccccc1)S(=O)(=O)c1ccc(Cl)cc1)c1cccc(Br)c1. The summed E-state index contributed by atoms with van der Waals surface area (Å²) >= 11 is 9.28. The van der Waals surface area contributed by atoms with E-state index in [1.165, 1.54) is 24.3 Å². The predicted octanol–water partition coefficient (Wildman–Crippen LogP) is 4.84. The number of nitrogens with one attached hydrogen (secondary N) is 1. The molecule has 0 saturated heterocycles. The molecule has 0 atom stereocenters. The van der Waals surface area contributed by atoms with Crippen molar-refractivity contribution in [3.63, 3.8) is 0 Å². The molecular weight excluding hydrogens is 502 g/mol. The summed E-state index contributed by atoms with van der Waals surface area (Å²) in [6, 6.07) is 21.7. The van der Waals surface area contributed by atoms with Crippen molar-refractivity contribution in [2.45, 2.75) is 11.8 Å². The van der Waals surface area contributed by atoms with Gasteiger partial charge in [-0.15, -0.1) is 0 Å². The quantitative estimate of drug-likeness (QED) is 0.358. The van der Waals surface area contributed by atoms with Gasteiger partial charge in [0.2, 0.25) is 0 Å². The van der Waals surface area contributed by atoms with Crippen LogP contribution in [0.3, 0.4) is 0 Å². The van der Waals surface area contributed by atoms with Gasteiger partial charge in [-0.2, -0.15) is 5.10 Å². The van der Waals surface area contributed by atoms with Crippen LogP contribution >= 0.6 is 27.5 Å². The molecule has 0 radical (unpaired) electrons. The molecule has 1 amide bonds. The number of para-hydroxylation sites is 1. The number of nitrogens with zero attached hydrogens (tertiary/aromatic N) is 2. The Morgan fingerprint density at radius 1 is 1.03 bits per heavy atom. The zero-order valence-corrected chi connectivity index (χ0v) is 19.7. The van der Waals surface area contributed by atoms with Crippen LogP contribution in [0.25, 0.3) is 0 Å². The van der Waals surface area contributed by atoms with E-state index in [4.69, 9.17) is 11.6 Å². The first kappa shape index (κ1) is 23.0. The number of benzene rings is 3. The molecular formula is C22H19BrClN3O3S. The number of hydrogen-bond acceptors (Lipinski definition) is 4. The average molecular weight is 521 g/mol. The van der Waals surface area contributed by atoms with Crippen molar-refractivity contribution in [3.05, 3.63) is 93.9 Å². The highest BCUT2D eigenvalue weighted by Gasteiger charge is 2.27. The van der Waals surface area contributed by atoms with Gasteiger partial charge >= 0.3 is 0 Å². The van der Waals surface area contributed by atoms with Gasteiger partial charge in [-0.05, 0) is 61.0 Å². The summed E-state index contributed by atoms with van der Waals surface area (Å²) in [6.07, 6.45) is 0. The minimum absolute atomic E-state index is 0.0300. The molecule has 3 aromatic rings. The zero-order valence-electron chi connectivity index (χ0n) is 16.5. The van der Waals surface area contributed by atoms with Gasteiger partial charge in [0.1, 0.15) is 6.54 Å². The minimum Gasteiger partial charge on any atom is -0.271 e. The largest absolute Gasteiger partial charge is 0.271 e. The first-order chi connectivity index (χ1) is 14.8. The van der Waals surface area contributed by atoms with Crippen LogP contribution in [0.2, 0.25) is 5.02 Å². The molecule has 0 fully saturated rings.